The molecule has 23 heavy (non-hydrogen) atoms. The van der Waals surface area contributed by atoms with E-state index in [9.17, 15) is 4.79 Å². The van der Waals surface area contributed by atoms with Crippen LogP contribution in [-0.4, -0.2) is 35.7 Å². The average Bonchev–Trinajstić information content (AvgIpc) is 3.06. The highest BCUT2D eigenvalue weighted by Crippen LogP contribution is 2.30. The molecule has 1 atom stereocenters. The summed E-state index contributed by atoms with van der Waals surface area (Å²) in [7, 11) is 0. The molecule has 2 aromatic carbocycles. The Morgan fingerprint density at radius 2 is 1.65 bits per heavy atom. The normalized spacial score (nSPS) is 21.3. The zero-order chi connectivity index (χ0) is 15.6. The Kier molecular flexibility index (Phi) is 3.67. The highest BCUT2D eigenvalue weighted by Gasteiger charge is 2.35. The van der Waals surface area contributed by atoms with Crippen LogP contribution in [0.5, 0.6) is 0 Å². The summed E-state index contributed by atoms with van der Waals surface area (Å²) >= 11 is 0. The molecule has 1 amide bonds. The van der Waals surface area contributed by atoms with Crippen LogP contribution in [0.3, 0.4) is 0 Å². The quantitative estimate of drug-likeness (QED) is 0.926. The number of nitrogens with one attached hydrogen (secondary N) is 1. The number of anilines is 1. The van der Waals surface area contributed by atoms with Crippen LogP contribution in [-0.2, 0) is 4.79 Å². The number of hydrogen-bond acceptors (Lipinski definition) is 3. The SMILES string of the molecule is O=C1Nc2ccccc2N=C(c2ccccc2)C1N1CCCC1. The van der Waals surface area contributed by atoms with Gasteiger partial charge in [-0.25, -0.2) is 4.99 Å². The standard InChI is InChI=1S/C19H19N3O/c23-19-18(22-12-6-7-13-22)17(14-8-2-1-3-9-14)20-15-10-4-5-11-16(15)21-19/h1-5,8-11,18H,6-7,12-13H2,(H,21,23). The Hall–Kier alpha value is -2.46. The largest absolute Gasteiger partial charge is 0.322 e. The van der Waals surface area contributed by atoms with Crippen LogP contribution >= 0.6 is 0 Å². The van der Waals surface area contributed by atoms with E-state index in [-0.39, 0.29) is 11.9 Å². The van der Waals surface area contributed by atoms with Gasteiger partial charge < -0.3 is 5.32 Å². The van der Waals surface area contributed by atoms with Gasteiger partial charge in [0.25, 0.3) is 0 Å². The van der Waals surface area contributed by atoms with Crippen LogP contribution in [0, 0.1) is 0 Å². The van der Waals surface area contributed by atoms with Gasteiger partial charge in [-0.1, -0.05) is 42.5 Å². The number of benzene rings is 2. The number of carbonyl (C=O) groups excluding carboxylic acids is 1. The summed E-state index contributed by atoms with van der Waals surface area (Å²) < 4.78 is 0. The van der Waals surface area contributed by atoms with Crippen molar-refractivity contribution in [1.29, 1.82) is 0 Å². The van der Waals surface area contributed by atoms with Gasteiger partial charge in [-0.3, -0.25) is 9.69 Å². The van der Waals surface area contributed by atoms with Gasteiger partial charge in [0.15, 0.2) is 0 Å². The highest BCUT2D eigenvalue weighted by atomic mass is 16.2. The van der Waals surface area contributed by atoms with E-state index in [1.54, 1.807) is 0 Å². The first kappa shape index (κ1) is 14.2. The first-order chi connectivity index (χ1) is 11.3. The topological polar surface area (TPSA) is 44.7 Å². The van der Waals surface area contributed by atoms with E-state index < -0.39 is 0 Å². The summed E-state index contributed by atoms with van der Waals surface area (Å²) in [5, 5.41) is 3.05. The van der Waals surface area contributed by atoms with Crippen molar-refractivity contribution in [3.8, 4) is 0 Å². The molecular weight excluding hydrogens is 286 g/mol. The van der Waals surface area contributed by atoms with E-state index in [2.05, 4.69) is 10.2 Å². The molecule has 0 aromatic heterocycles. The number of aliphatic imine (C=N–C) groups is 1. The lowest BCUT2D eigenvalue weighted by molar-refractivity contribution is -0.118. The van der Waals surface area contributed by atoms with Gasteiger partial charge in [0.2, 0.25) is 5.91 Å². The Labute approximate surface area is 135 Å². The van der Waals surface area contributed by atoms with Crippen molar-refractivity contribution in [2.24, 2.45) is 4.99 Å². The molecule has 0 aliphatic carbocycles. The lowest BCUT2D eigenvalue weighted by Gasteiger charge is -2.26. The molecule has 1 unspecified atom stereocenters. The van der Waals surface area contributed by atoms with Crippen LogP contribution < -0.4 is 5.32 Å². The van der Waals surface area contributed by atoms with Crippen molar-refractivity contribution in [1.82, 2.24) is 4.90 Å². The lowest BCUT2D eigenvalue weighted by atomic mass is 10.0. The maximum atomic E-state index is 12.9. The summed E-state index contributed by atoms with van der Waals surface area (Å²) in [6.07, 6.45) is 2.28. The fourth-order valence-corrected chi connectivity index (χ4v) is 3.36. The maximum Gasteiger partial charge on any atom is 0.248 e. The molecule has 2 aromatic rings. The Morgan fingerprint density at radius 3 is 2.43 bits per heavy atom. The van der Waals surface area contributed by atoms with Crippen molar-refractivity contribution in [3.05, 3.63) is 60.2 Å². The van der Waals surface area contributed by atoms with Gasteiger partial charge in [-0.15, -0.1) is 0 Å². The number of fused-ring (bicyclic) bond motifs is 1. The molecule has 2 heterocycles. The highest BCUT2D eigenvalue weighted by molar-refractivity contribution is 6.22. The minimum atomic E-state index is -0.327. The van der Waals surface area contributed by atoms with Gasteiger partial charge >= 0.3 is 0 Å². The molecule has 0 radical (unpaired) electrons. The molecule has 1 fully saturated rings. The van der Waals surface area contributed by atoms with Crippen LogP contribution in [0.1, 0.15) is 18.4 Å². The second kappa shape index (κ2) is 5.97. The first-order valence-corrected chi connectivity index (χ1v) is 8.11. The molecule has 4 rings (SSSR count). The minimum Gasteiger partial charge on any atom is -0.322 e. The molecule has 116 valence electrons. The number of carbonyl (C=O) groups is 1. The van der Waals surface area contributed by atoms with Crippen LogP contribution in [0.4, 0.5) is 11.4 Å². The monoisotopic (exact) mass is 305 g/mol. The Bertz CT molecular complexity index is 748. The third-order valence-electron chi connectivity index (χ3n) is 4.49. The van der Waals surface area contributed by atoms with Gasteiger partial charge in [-0.2, -0.15) is 0 Å². The van der Waals surface area contributed by atoms with E-state index in [1.807, 2.05) is 54.6 Å². The van der Waals surface area contributed by atoms with E-state index in [0.29, 0.717) is 0 Å². The molecule has 0 bridgehead atoms. The summed E-state index contributed by atoms with van der Waals surface area (Å²) in [5.41, 5.74) is 3.46. The third-order valence-corrected chi connectivity index (χ3v) is 4.49. The van der Waals surface area contributed by atoms with Gasteiger partial charge in [0.1, 0.15) is 6.04 Å². The number of para-hydroxylation sites is 2. The molecule has 2 aliphatic rings. The predicted molar refractivity (Wildman–Crippen MR) is 92.3 cm³/mol. The van der Waals surface area contributed by atoms with Crippen molar-refractivity contribution < 1.29 is 4.79 Å². The molecular formula is C19H19N3O. The molecule has 1 saturated heterocycles. The number of rotatable bonds is 2. The van der Waals surface area contributed by atoms with E-state index in [4.69, 9.17) is 4.99 Å². The lowest BCUT2D eigenvalue weighted by Crippen LogP contribution is -2.47. The average molecular weight is 305 g/mol. The smallest absolute Gasteiger partial charge is 0.248 e. The summed E-state index contributed by atoms with van der Waals surface area (Å²) in [6.45, 7) is 1.89. The van der Waals surface area contributed by atoms with Crippen molar-refractivity contribution in [2.75, 3.05) is 18.4 Å². The summed E-state index contributed by atoms with van der Waals surface area (Å²) in [5.74, 6) is 0.0134. The van der Waals surface area contributed by atoms with Crippen LogP contribution in [0.15, 0.2) is 59.6 Å². The van der Waals surface area contributed by atoms with Gasteiger partial charge in [0, 0.05) is 0 Å². The minimum absolute atomic E-state index is 0.0134. The zero-order valence-corrected chi connectivity index (χ0v) is 12.9. The van der Waals surface area contributed by atoms with Gasteiger partial charge in [0.05, 0.1) is 17.1 Å². The predicted octanol–water partition coefficient (Wildman–Crippen LogP) is 3.22. The Balaban J connectivity index is 1.86. The van der Waals surface area contributed by atoms with Crippen molar-refractivity contribution in [3.63, 3.8) is 0 Å². The third kappa shape index (κ3) is 2.66. The van der Waals surface area contributed by atoms with Gasteiger partial charge in [-0.05, 0) is 43.6 Å². The fraction of sp³-hybridized carbons (Fsp3) is 0.263. The molecule has 2 aliphatic heterocycles. The molecule has 1 N–H and O–H groups in total. The molecule has 4 heteroatoms. The second-order valence-corrected chi connectivity index (χ2v) is 6.02. The number of nitrogens with zero attached hydrogens (tertiary/aromatic N) is 2. The molecule has 0 spiro atoms. The summed E-state index contributed by atoms with van der Waals surface area (Å²) in [4.78, 5) is 20.0. The van der Waals surface area contributed by atoms with Crippen molar-refractivity contribution in [2.45, 2.75) is 18.9 Å². The Morgan fingerprint density at radius 1 is 0.957 bits per heavy atom. The summed E-state index contributed by atoms with van der Waals surface area (Å²) in [6, 6.07) is 17.4. The van der Waals surface area contributed by atoms with Crippen molar-refractivity contribution >= 4 is 23.0 Å². The number of amides is 1. The first-order valence-electron chi connectivity index (χ1n) is 8.11. The number of likely N-dealkylation sites (tertiary alicyclic amines) is 1. The maximum absolute atomic E-state index is 12.9. The fourth-order valence-electron chi connectivity index (χ4n) is 3.36. The van der Waals surface area contributed by atoms with E-state index in [0.717, 1.165) is 48.6 Å². The number of hydrogen-bond donors (Lipinski definition) is 1. The zero-order valence-electron chi connectivity index (χ0n) is 12.9. The molecule has 4 nitrogen and oxygen atoms in total. The van der Waals surface area contributed by atoms with E-state index in [1.165, 1.54) is 0 Å². The van der Waals surface area contributed by atoms with E-state index >= 15 is 0 Å². The second-order valence-electron chi connectivity index (χ2n) is 6.02. The molecule has 0 saturated carbocycles. The van der Waals surface area contributed by atoms with Crippen LogP contribution in [0.25, 0.3) is 0 Å². The van der Waals surface area contributed by atoms with Crippen LogP contribution in [0.2, 0.25) is 0 Å².